The number of aromatic amines is 1. The van der Waals surface area contributed by atoms with Gasteiger partial charge in [-0.15, -0.1) is 0 Å². The molecule has 2 N–H and O–H groups in total. The summed E-state index contributed by atoms with van der Waals surface area (Å²) >= 11 is 5.88. The first-order chi connectivity index (χ1) is 12.1. The van der Waals surface area contributed by atoms with Crippen LogP contribution in [0.3, 0.4) is 0 Å². The summed E-state index contributed by atoms with van der Waals surface area (Å²) in [4.78, 5) is 29.6. The zero-order valence-electron chi connectivity index (χ0n) is 13.5. The predicted molar refractivity (Wildman–Crippen MR) is 94.7 cm³/mol. The summed E-state index contributed by atoms with van der Waals surface area (Å²) in [6.45, 7) is 0.379. The van der Waals surface area contributed by atoms with Crippen molar-refractivity contribution in [3.63, 3.8) is 0 Å². The zero-order chi connectivity index (χ0) is 17.6. The number of H-pyrrole nitrogens is 1. The number of hydrogen-bond donors (Lipinski definition) is 2. The minimum atomic E-state index is -1.02. The summed E-state index contributed by atoms with van der Waals surface area (Å²) < 4.78 is 0. The minimum absolute atomic E-state index is 0.294. The number of benzene rings is 1. The maximum Gasteiger partial charge on any atom is 0.332 e. The lowest BCUT2D eigenvalue weighted by Gasteiger charge is -2.33. The SMILES string of the molecule is O=C(O)C1c2[nH]c3c(c2CCN1C(=O)c1ccc(Cl)cc1)C=CCC3. The van der Waals surface area contributed by atoms with Crippen LogP contribution in [0.25, 0.3) is 6.08 Å². The number of rotatable bonds is 2. The molecule has 2 heterocycles. The van der Waals surface area contributed by atoms with E-state index in [9.17, 15) is 14.7 Å². The van der Waals surface area contributed by atoms with Gasteiger partial charge in [0.05, 0.1) is 5.69 Å². The molecule has 2 aliphatic rings. The molecule has 5 nitrogen and oxygen atoms in total. The number of aryl methyl sites for hydroxylation is 1. The molecule has 0 bridgehead atoms. The van der Waals surface area contributed by atoms with E-state index in [4.69, 9.17) is 11.6 Å². The van der Waals surface area contributed by atoms with Crippen LogP contribution in [0.15, 0.2) is 30.3 Å². The Bertz CT molecular complexity index is 883. The van der Waals surface area contributed by atoms with E-state index in [0.29, 0.717) is 29.2 Å². The van der Waals surface area contributed by atoms with Gasteiger partial charge in [-0.2, -0.15) is 0 Å². The highest BCUT2D eigenvalue weighted by Gasteiger charge is 2.39. The summed E-state index contributed by atoms with van der Waals surface area (Å²) in [6.07, 6.45) is 6.63. The number of fused-ring (bicyclic) bond motifs is 3. The number of carboxylic acids is 1. The van der Waals surface area contributed by atoms with Gasteiger partial charge in [-0.3, -0.25) is 4.79 Å². The highest BCUT2D eigenvalue weighted by molar-refractivity contribution is 6.30. The van der Waals surface area contributed by atoms with Gasteiger partial charge in [0.2, 0.25) is 0 Å². The van der Waals surface area contributed by atoms with E-state index in [0.717, 1.165) is 29.7 Å². The van der Waals surface area contributed by atoms with Crippen molar-refractivity contribution < 1.29 is 14.7 Å². The molecule has 1 unspecified atom stereocenters. The van der Waals surface area contributed by atoms with Gasteiger partial charge in [0.1, 0.15) is 0 Å². The fourth-order valence-electron chi connectivity index (χ4n) is 3.71. The minimum Gasteiger partial charge on any atom is -0.479 e. The predicted octanol–water partition coefficient (Wildman–Crippen LogP) is 3.45. The molecule has 1 atom stereocenters. The van der Waals surface area contributed by atoms with Crippen LogP contribution >= 0.6 is 11.6 Å². The molecular weight excluding hydrogens is 340 g/mol. The van der Waals surface area contributed by atoms with E-state index in [1.54, 1.807) is 24.3 Å². The number of aromatic nitrogens is 1. The van der Waals surface area contributed by atoms with E-state index >= 15 is 0 Å². The van der Waals surface area contributed by atoms with Crippen LogP contribution < -0.4 is 0 Å². The monoisotopic (exact) mass is 356 g/mol. The first-order valence-corrected chi connectivity index (χ1v) is 8.63. The summed E-state index contributed by atoms with van der Waals surface area (Å²) in [5.74, 6) is -1.32. The quantitative estimate of drug-likeness (QED) is 0.865. The normalized spacial score (nSPS) is 18.6. The van der Waals surface area contributed by atoms with E-state index < -0.39 is 12.0 Å². The molecule has 0 radical (unpaired) electrons. The molecule has 2 aromatic rings. The molecule has 0 saturated heterocycles. The smallest absolute Gasteiger partial charge is 0.332 e. The van der Waals surface area contributed by atoms with Crippen molar-refractivity contribution in [2.75, 3.05) is 6.54 Å². The molecule has 0 saturated carbocycles. The molecule has 6 heteroatoms. The Morgan fingerprint density at radius 1 is 1.20 bits per heavy atom. The second kappa shape index (κ2) is 6.08. The van der Waals surface area contributed by atoms with Crippen molar-refractivity contribution in [3.8, 4) is 0 Å². The Kier molecular flexibility index (Phi) is 3.88. The topological polar surface area (TPSA) is 73.4 Å². The van der Waals surface area contributed by atoms with Crippen LogP contribution in [0.5, 0.6) is 0 Å². The van der Waals surface area contributed by atoms with E-state index in [-0.39, 0.29) is 5.91 Å². The summed E-state index contributed by atoms with van der Waals surface area (Å²) in [7, 11) is 0. The molecule has 1 aliphatic carbocycles. The molecule has 4 rings (SSSR count). The molecular formula is C19H17ClN2O3. The largest absolute Gasteiger partial charge is 0.479 e. The summed E-state index contributed by atoms with van der Waals surface area (Å²) in [6, 6.07) is 5.53. The molecule has 1 amide bonds. The molecule has 1 aromatic carbocycles. The van der Waals surface area contributed by atoms with E-state index in [1.165, 1.54) is 4.90 Å². The lowest BCUT2D eigenvalue weighted by atomic mass is 9.93. The summed E-state index contributed by atoms with van der Waals surface area (Å²) in [5.41, 5.74) is 4.28. The highest BCUT2D eigenvalue weighted by atomic mass is 35.5. The molecule has 1 aromatic heterocycles. The standard InChI is InChI=1S/C19H17ClN2O3/c20-12-7-5-11(6-8-12)18(23)22-10-9-14-13-3-1-2-4-15(13)21-16(14)17(22)19(24)25/h1,3,5-8,17,21H,2,4,9-10H2,(H,24,25). The number of carbonyl (C=O) groups is 2. The van der Waals surface area contributed by atoms with Crippen molar-refractivity contribution in [1.82, 2.24) is 9.88 Å². The second-order valence-corrected chi connectivity index (χ2v) is 6.78. The Labute approximate surface area is 149 Å². The number of nitrogens with zero attached hydrogens (tertiary/aromatic N) is 1. The van der Waals surface area contributed by atoms with Gasteiger partial charge in [-0.05, 0) is 54.7 Å². The third-order valence-electron chi connectivity index (χ3n) is 4.88. The van der Waals surface area contributed by atoms with Crippen LogP contribution in [0.1, 0.15) is 45.3 Å². The zero-order valence-corrected chi connectivity index (χ0v) is 14.2. The van der Waals surface area contributed by atoms with E-state index in [2.05, 4.69) is 17.1 Å². The Hall–Kier alpha value is -2.53. The van der Waals surface area contributed by atoms with Crippen molar-refractivity contribution in [1.29, 1.82) is 0 Å². The van der Waals surface area contributed by atoms with Gasteiger partial charge in [-0.25, -0.2) is 4.79 Å². The number of halogens is 1. The molecule has 25 heavy (non-hydrogen) atoms. The first kappa shape index (κ1) is 16.0. The fraction of sp³-hybridized carbons (Fsp3) is 0.263. The van der Waals surface area contributed by atoms with Crippen LogP contribution in [0.2, 0.25) is 5.02 Å². The number of carboxylic acid groups (broad SMARTS) is 1. The maximum atomic E-state index is 12.9. The van der Waals surface area contributed by atoms with Gasteiger partial charge < -0.3 is 15.0 Å². The van der Waals surface area contributed by atoms with Crippen molar-refractivity contribution >= 4 is 29.6 Å². The van der Waals surface area contributed by atoms with E-state index in [1.807, 2.05) is 0 Å². The molecule has 0 fully saturated rings. The van der Waals surface area contributed by atoms with Gasteiger partial charge in [0, 0.05) is 22.8 Å². The first-order valence-electron chi connectivity index (χ1n) is 8.25. The third-order valence-corrected chi connectivity index (χ3v) is 5.13. The fourth-order valence-corrected chi connectivity index (χ4v) is 3.84. The van der Waals surface area contributed by atoms with Crippen molar-refractivity contribution in [3.05, 3.63) is 63.4 Å². The average molecular weight is 357 g/mol. The Morgan fingerprint density at radius 3 is 2.68 bits per heavy atom. The molecule has 128 valence electrons. The van der Waals surface area contributed by atoms with Gasteiger partial charge >= 0.3 is 5.97 Å². The Balaban J connectivity index is 1.74. The third kappa shape index (κ3) is 2.65. The maximum absolute atomic E-state index is 12.9. The van der Waals surface area contributed by atoms with Crippen LogP contribution in [-0.2, 0) is 17.6 Å². The van der Waals surface area contributed by atoms with Crippen molar-refractivity contribution in [2.45, 2.75) is 25.3 Å². The van der Waals surface area contributed by atoms with Crippen molar-refractivity contribution in [2.24, 2.45) is 0 Å². The number of hydrogen-bond acceptors (Lipinski definition) is 2. The van der Waals surface area contributed by atoms with Crippen LogP contribution in [0, 0.1) is 0 Å². The highest BCUT2D eigenvalue weighted by Crippen LogP contribution is 2.36. The molecule has 1 aliphatic heterocycles. The van der Waals surface area contributed by atoms with Gasteiger partial charge in [0.25, 0.3) is 5.91 Å². The van der Waals surface area contributed by atoms with Crippen LogP contribution in [-0.4, -0.2) is 33.4 Å². The van der Waals surface area contributed by atoms with Crippen LogP contribution in [0.4, 0.5) is 0 Å². The second-order valence-electron chi connectivity index (χ2n) is 6.35. The summed E-state index contributed by atoms with van der Waals surface area (Å²) in [5, 5.41) is 10.3. The lowest BCUT2D eigenvalue weighted by molar-refractivity contribution is -0.143. The van der Waals surface area contributed by atoms with Gasteiger partial charge in [-0.1, -0.05) is 23.8 Å². The Morgan fingerprint density at radius 2 is 1.96 bits per heavy atom. The molecule has 0 spiro atoms. The number of carbonyl (C=O) groups excluding carboxylic acids is 1. The number of aliphatic carboxylic acids is 1. The average Bonchev–Trinajstić information content (AvgIpc) is 2.99. The number of allylic oxidation sites excluding steroid dienone is 1. The number of amides is 1. The lowest BCUT2D eigenvalue weighted by Crippen LogP contribution is -2.43. The number of nitrogens with one attached hydrogen (secondary N) is 1. The van der Waals surface area contributed by atoms with Gasteiger partial charge in [0.15, 0.2) is 6.04 Å².